The summed E-state index contributed by atoms with van der Waals surface area (Å²) in [5.41, 5.74) is 5.32. The first-order chi connectivity index (χ1) is 5.52. The highest BCUT2D eigenvalue weighted by Crippen LogP contribution is 2.02. The SMILES string of the molecule is CC(CN)CCNC(C)(C)CO. The standard InChI is InChI=1S/C9H22N2O/c1-8(6-10)4-5-11-9(2,3)7-12/h8,11-12H,4-7,10H2,1-3H3. The van der Waals surface area contributed by atoms with Gasteiger partial charge in [0.05, 0.1) is 6.61 Å². The van der Waals surface area contributed by atoms with Crippen LogP contribution < -0.4 is 11.1 Å². The molecule has 0 saturated carbocycles. The molecule has 1 atom stereocenters. The van der Waals surface area contributed by atoms with Gasteiger partial charge in [-0.25, -0.2) is 0 Å². The number of aliphatic hydroxyl groups excluding tert-OH is 1. The first-order valence-electron chi connectivity index (χ1n) is 4.58. The van der Waals surface area contributed by atoms with Crippen LogP contribution in [0.1, 0.15) is 27.2 Å². The molecule has 74 valence electrons. The number of nitrogens with one attached hydrogen (secondary N) is 1. The van der Waals surface area contributed by atoms with E-state index in [1.165, 1.54) is 0 Å². The third-order valence-corrected chi connectivity index (χ3v) is 2.04. The zero-order valence-electron chi connectivity index (χ0n) is 8.43. The summed E-state index contributed by atoms with van der Waals surface area (Å²) < 4.78 is 0. The van der Waals surface area contributed by atoms with E-state index in [0.717, 1.165) is 19.5 Å². The number of hydrogen-bond acceptors (Lipinski definition) is 3. The van der Waals surface area contributed by atoms with Crippen molar-refractivity contribution in [2.24, 2.45) is 11.7 Å². The van der Waals surface area contributed by atoms with Gasteiger partial charge in [-0.05, 0) is 39.3 Å². The van der Waals surface area contributed by atoms with Crippen molar-refractivity contribution in [2.45, 2.75) is 32.7 Å². The molecule has 0 aliphatic rings. The molecule has 0 radical (unpaired) electrons. The van der Waals surface area contributed by atoms with Gasteiger partial charge < -0.3 is 16.2 Å². The molecule has 4 N–H and O–H groups in total. The van der Waals surface area contributed by atoms with Crippen LogP contribution in [0, 0.1) is 5.92 Å². The highest BCUT2D eigenvalue weighted by molar-refractivity contribution is 4.75. The van der Waals surface area contributed by atoms with E-state index in [2.05, 4.69) is 12.2 Å². The van der Waals surface area contributed by atoms with Crippen molar-refractivity contribution in [3.63, 3.8) is 0 Å². The Morgan fingerprint density at radius 2 is 2.08 bits per heavy atom. The molecule has 0 rings (SSSR count). The van der Waals surface area contributed by atoms with E-state index in [9.17, 15) is 0 Å². The topological polar surface area (TPSA) is 58.3 Å². The smallest absolute Gasteiger partial charge is 0.0607 e. The van der Waals surface area contributed by atoms with Crippen LogP contribution in [0.3, 0.4) is 0 Å². The molecule has 0 spiro atoms. The minimum atomic E-state index is -0.158. The molecule has 0 aliphatic heterocycles. The molecule has 0 amide bonds. The molecule has 0 aromatic rings. The largest absolute Gasteiger partial charge is 0.394 e. The predicted molar refractivity (Wildman–Crippen MR) is 52.0 cm³/mol. The van der Waals surface area contributed by atoms with Crippen LogP contribution in [0.4, 0.5) is 0 Å². The summed E-state index contributed by atoms with van der Waals surface area (Å²) >= 11 is 0. The Hall–Kier alpha value is -0.120. The lowest BCUT2D eigenvalue weighted by Crippen LogP contribution is -2.43. The van der Waals surface area contributed by atoms with Crippen LogP contribution in [0.25, 0.3) is 0 Å². The maximum atomic E-state index is 8.93. The van der Waals surface area contributed by atoms with E-state index in [1.54, 1.807) is 0 Å². The second kappa shape index (κ2) is 5.51. The average molecular weight is 174 g/mol. The number of aliphatic hydroxyl groups is 1. The van der Waals surface area contributed by atoms with Crippen LogP contribution in [-0.4, -0.2) is 30.3 Å². The van der Waals surface area contributed by atoms with E-state index < -0.39 is 0 Å². The summed E-state index contributed by atoms with van der Waals surface area (Å²) in [5, 5.41) is 12.2. The highest BCUT2D eigenvalue weighted by Gasteiger charge is 2.14. The van der Waals surface area contributed by atoms with Gasteiger partial charge in [0.2, 0.25) is 0 Å². The maximum Gasteiger partial charge on any atom is 0.0607 e. The van der Waals surface area contributed by atoms with Crippen LogP contribution in [0.5, 0.6) is 0 Å². The first-order valence-corrected chi connectivity index (χ1v) is 4.58. The van der Waals surface area contributed by atoms with Crippen molar-refractivity contribution in [1.29, 1.82) is 0 Å². The van der Waals surface area contributed by atoms with E-state index in [4.69, 9.17) is 10.8 Å². The van der Waals surface area contributed by atoms with E-state index in [1.807, 2.05) is 13.8 Å². The lowest BCUT2D eigenvalue weighted by molar-refractivity contribution is 0.187. The van der Waals surface area contributed by atoms with Crippen molar-refractivity contribution in [2.75, 3.05) is 19.7 Å². The molecule has 3 nitrogen and oxygen atoms in total. The minimum Gasteiger partial charge on any atom is -0.394 e. The van der Waals surface area contributed by atoms with Gasteiger partial charge in [-0.3, -0.25) is 0 Å². The summed E-state index contributed by atoms with van der Waals surface area (Å²) in [4.78, 5) is 0. The predicted octanol–water partition coefficient (Wildman–Crippen LogP) is 0.332. The monoisotopic (exact) mass is 174 g/mol. The molecule has 0 aromatic carbocycles. The fourth-order valence-corrected chi connectivity index (χ4v) is 0.831. The molecular formula is C9H22N2O. The van der Waals surface area contributed by atoms with Gasteiger partial charge in [0.25, 0.3) is 0 Å². The number of rotatable bonds is 6. The van der Waals surface area contributed by atoms with Crippen LogP contribution in [-0.2, 0) is 0 Å². The van der Waals surface area contributed by atoms with Gasteiger partial charge in [0, 0.05) is 5.54 Å². The molecule has 1 unspecified atom stereocenters. The van der Waals surface area contributed by atoms with Gasteiger partial charge >= 0.3 is 0 Å². The molecule has 12 heavy (non-hydrogen) atoms. The Bertz CT molecular complexity index is 115. The summed E-state index contributed by atoms with van der Waals surface area (Å²) in [6.07, 6.45) is 1.07. The molecular weight excluding hydrogens is 152 g/mol. The zero-order valence-corrected chi connectivity index (χ0v) is 8.43. The first kappa shape index (κ1) is 11.9. The Morgan fingerprint density at radius 1 is 1.50 bits per heavy atom. The average Bonchev–Trinajstić information content (AvgIpc) is 2.04. The highest BCUT2D eigenvalue weighted by atomic mass is 16.3. The Balaban J connectivity index is 3.42. The quantitative estimate of drug-likeness (QED) is 0.544. The summed E-state index contributed by atoms with van der Waals surface area (Å²) in [6.45, 7) is 7.94. The van der Waals surface area contributed by atoms with Crippen molar-refractivity contribution in [3.8, 4) is 0 Å². The van der Waals surface area contributed by atoms with Crippen molar-refractivity contribution in [3.05, 3.63) is 0 Å². The third-order valence-electron chi connectivity index (χ3n) is 2.04. The van der Waals surface area contributed by atoms with Crippen LogP contribution in [0.2, 0.25) is 0 Å². The second-order valence-electron chi connectivity index (χ2n) is 4.10. The summed E-state index contributed by atoms with van der Waals surface area (Å²) in [7, 11) is 0. The van der Waals surface area contributed by atoms with Gasteiger partial charge in [-0.15, -0.1) is 0 Å². The molecule has 0 aromatic heterocycles. The van der Waals surface area contributed by atoms with E-state index >= 15 is 0 Å². The van der Waals surface area contributed by atoms with E-state index in [-0.39, 0.29) is 12.1 Å². The molecule has 3 heteroatoms. The molecule has 0 fully saturated rings. The second-order valence-corrected chi connectivity index (χ2v) is 4.10. The minimum absolute atomic E-state index is 0.158. The van der Waals surface area contributed by atoms with Crippen molar-refractivity contribution < 1.29 is 5.11 Å². The molecule has 0 saturated heterocycles. The summed E-state index contributed by atoms with van der Waals surface area (Å²) in [6, 6.07) is 0. The fraction of sp³-hybridized carbons (Fsp3) is 1.00. The Kier molecular flexibility index (Phi) is 5.46. The normalized spacial score (nSPS) is 14.8. The number of nitrogens with two attached hydrogens (primary N) is 1. The van der Waals surface area contributed by atoms with Gasteiger partial charge in [0.15, 0.2) is 0 Å². The van der Waals surface area contributed by atoms with Crippen LogP contribution in [0.15, 0.2) is 0 Å². The number of hydrogen-bond donors (Lipinski definition) is 3. The fourth-order valence-electron chi connectivity index (χ4n) is 0.831. The maximum absolute atomic E-state index is 8.93. The van der Waals surface area contributed by atoms with Crippen LogP contribution >= 0.6 is 0 Å². The lowest BCUT2D eigenvalue weighted by atomic mass is 10.0. The zero-order chi connectivity index (χ0) is 9.61. The van der Waals surface area contributed by atoms with Gasteiger partial charge in [-0.2, -0.15) is 0 Å². The Morgan fingerprint density at radius 3 is 2.50 bits per heavy atom. The molecule has 0 aliphatic carbocycles. The molecule has 0 heterocycles. The van der Waals surface area contributed by atoms with Crippen molar-refractivity contribution >= 4 is 0 Å². The van der Waals surface area contributed by atoms with Crippen molar-refractivity contribution in [1.82, 2.24) is 5.32 Å². The molecule has 0 bridgehead atoms. The summed E-state index contributed by atoms with van der Waals surface area (Å²) in [5.74, 6) is 0.562. The third kappa shape index (κ3) is 5.52. The van der Waals surface area contributed by atoms with Gasteiger partial charge in [0.1, 0.15) is 0 Å². The Labute approximate surface area is 75.3 Å². The lowest BCUT2D eigenvalue weighted by Gasteiger charge is -2.24. The van der Waals surface area contributed by atoms with E-state index in [0.29, 0.717) is 5.92 Å². The van der Waals surface area contributed by atoms with Gasteiger partial charge in [-0.1, -0.05) is 6.92 Å².